The highest BCUT2D eigenvalue weighted by Crippen LogP contribution is 2.31. The molecule has 130 valence electrons. The molecule has 0 saturated carbocycles. The predicted octanol–water partition coefficient (Wildman–Crippen LogP) is 4.37. The van der Waals surface area contributed by atoms with Gasteiger partial charge in [0.15, 0.2) is 5.13 Å². The number of aromatic nitrogens is 1. The van der Waals surface area contributed by atoms with Gasteiger partial charge in [-0.1, -0.05) is 23.2 Å². The molecule has 5 nitrogen and oxygen atoms in total. The average Bonchev–Trinajstić information content (AvgIpc) is 3.04. The van der Waals surface area contributed by atoms with E-state index in [1.54, 1.807) is 6.07 Å². The predicted molar refractivity (Wildman–Crippen MR) is 99.7 cm³/mol. The van der Waals surface area contributed by atoms with Crippen LogP contribution in [0.15, 0.2) is 11.4 Å². The highest BCUT2D eigenvalue weighted by atomic mass is 35.5. The van der Waals surface area contributed by atoms with Crippen molar-refractivity contribution in [3.8, 4) is 0 Å². The Balaban J connectivity index is 1.61. The fourth-order valence-electron chi connectivity index (χ4n) is 2.74. The van der Waals surface area contributed by atoms with E-state index in [-0.39, 0.29) is 18.1 Å². The van der Waals surface area contributed by atoms with Crippen LogP contribution in [0.25, 0.3) is 0 Å². The lowest BCUT2D eigenvalue weighted by Crippen LogP contribution is -2.44. The highest BCUT2D eigenvalue weighted by molar-refractivity contribution is 7.20. The van der Waals surface area contributed by atoms with E-state index < -0.39 is 0 Å². The first-order valence-electron chi connectivity index (χ1n) is 7.49. The molecule has 9 heteroatoms. The van der Waals surface area contributed by atoms with E-state index in [1.165, 1.54) is 22.7 Å². The molecule has 0 bridgehead atoms. The van der Waals surface area contributed by atoms with Gasteiger partial charge < -0.3 is 4.74 Å². The molecular weight excluding hydrogens is 389 g/mol. The number of ether oxygens (including phenoxy) is 1. The number of nitrogens with one attached hydrogen (secondary N) is 1. The van der Waals surface area contributed by atoms with Crippen molar-refractivity contribution in [2.75, 3.05) is 18.4 Å². The van der Waals surface area contributed by atoms with Crippen LogP contribution in [0.2, 0.25) is 8.67 Å². The molecule has 1 fully saturated rings. The first kappa shape index (κ1) is 18.1. The summed E-state index contributed by atoms with van der Waals surface area (Å²) in [4.78, 5) is 19.0. The van der Waals surface area contributed by atoms with Gasteiger partial charge >= 0.3 is 0 Å². The van der Waals surface area contributed by atoms with Gasteiger partial charge in [0.2, 0.25) is 0 Å². The minimum atomic E-state index is -0.294. The standard InChI is InChI=1S/C15H17Cl2N3O2S2/c1-8-4-20(5-9(2)22-8)6-10-7-23-15(18-10)19-14(21)11-3-12(16)24-13(11)17/h3,7-9H,4-6H2,1-2H3,(H,18,19,21). The minimum Gasteiger partial charge on any atom is -0.373 e. The smallest absolute Gasteiger partial charge is 0.259 e. The lowest BCUT2D eigenvalue weighted by Gasteiger charge is -2.34. The van der Waals surface area contributed by atoms with Gasteiger partial charge in [-0.05, 0) is 19.9 Å². The number of nitrogens with zero attached hydrogens (tertiary/aromatic N) is 2. The molecule has 0 spiro atoms. The third-order valence-electron chi connectivity index (χ3n) is 3.55. The number of thiazole rings is 1. The van der Waals surface area contributed by atoms with E-state index in [0.717, 1.165) is 25.3 Å². The van der Waals surface area contributed by atoms with Crippen molar-refractivity contribution in [3.05, 3.63) is 31.4 Å². The van der Waals surface area contributed by atoms with E-state index in [4.69, 9.17) is 27.9 Å². The maximum absolute atomic E-state index is 12.2. The molecule has 2 aromatic rings. The molecule has 1 aliphatic heterocycles. The Morgan fingerprint density at radius 1 is 1.42 bits per heavy atom. The SMILES string of the molecule is CC1CN(Cc2csc(NC(=O)c3cc(Cl)sc3Cl)n2)CC(C)O1. The van der Waals surface area contributed by atoms with Crippen molar-refractivity contribution in [2.45, 2.75) is 32.6 Å². The van der Waals surface area contributed by atoms with Crippen molar-refractivity contribution in [3.63, 3.8) is 0 Å². The maximum Gasteiger partial charge on any atom is 0.259 e. The average molecular weight is 406 g/mol. The number of rotatable bonds is 4. The third kappa shape index (κ3) is 4.47. The van der Waals surface area contributed by atoms with Crippen molar-refractivity contribution >= 4 is 56.9 Å². The molecule has 1 aliphatic rings. The van der Waals surface area contributed by atoms with Gasteiger partial charge in [-0.25, -0.2) is 4.98 Å². The van der Waals surface area contributed by atoms with E-state index in [1.807, 2.05) is 5.38 Å². The van der Waals surface area contributed by atoms with Gasteiger partial charge in [0.05, 0.1) is 27.8 Å². The summed E-state index contributed by atoms with van der Waals surface area (Å²) in [5.74, 6) is -0.294. The van der Waals surface area contributed by atoms with Gasteiger partial charge in [0.25, 0.3) is 5.91 Å². The molecule has 2 atom stereocenters. The van der Waals surface area contributed by atoms with Crippen molar-refractivity contribution in [1.82, 2.24) is 9.88 Å². The van der Waals surface area contributed by atoms with Gasteiger partial charge in [-0.2, -0.15) is 0 Å². The van der Waals surface area contributed by atoms with Crippen LogP contribution < -0.4 is 5.32 Å². The lowest BCUT2D eigenvalue weighted by atomic mass is 10.2. The summed E-state index contributed by atoms with van der Waals surface area (Å²) in [6.07, 6.45) is 0.439. The van der Waals surface area contributed by atoms with Crippen molar-refractivity contribution in [1.29, 1.82) is 0 Å². The molecule has 0 aliphatic carbocycles. The molecule has 2 aromatic heterocycles. The van der Waals surface area contributed by atoms with Crippen LogP contribution in [0, 0.1) is 0 Å². The number of amides is 1. The van der Waals surface area contributed by atoms with Gasteiger partial charge in [0.1, 0.15) is 4.34 Å². The number of hydrogen-bond donors (Lipinski definition) is 1. The summed E-state index contributed by atoms with van der Waals surface area (Å²) in [6.45, 7) is 6.66. The number of halogens is 2. The molecular formula is C15H17Cl2N3O2S2. The summed E-state index contributed by atoms with van der Waals surface area (Å²) in [5.41, 5.74) is 1.31. The van der Waals surface area contributed by atoms with Gasteiger partial charge in [-0.15, -0.1) is 22.7 Å². The molecule has 1 saturated heterocycles. The van der Waals surface area contributed by atoms with Crippen molar-refractivity contribution < 1.29 is 9.53 Å². The Morgan fingerprint density at radius 3 is 2.75 bits per heavy atom. The normalized spacial score (nSPS) is 21.8. The largest absolute Gasteiger partial charge is 0.373 e. The first-order chi connectivity index (χ1) is 11.4. The third-order valence-corrected chi connectivity index (χ3v) is 5.85. The molecule has 0 radical (unpaired) electrons. The van der Waals surface area contributed by atoms with E-state index in [9.17, 15) is 4.79 Å². The van der Waals surface area contributed by atoms with E-state index in [0.29, 0.717) is 19.4 Å². The zero-order chi connectivity index (χ0) is 17.3. The second kappa shape index (κ2) is 7.68. The van der Waals surface area contributed by atoms with Gasteiger partial charge in [0, 0.05) is 25.0 Å². The Labute approximate surface area is 158 Å². The Bertz CT molecular complexity index is 724. The monoisotopic (exact) mass is 405 g/mol. The molecule has 3 rings (SSSR count). The molecule has 2 unspecified atom stereocenters. The van der Waals surface area contributed by atoms with Crippen LogP contribution in [0.4, 0.5) is 5.13 Å². The first-order valence-corrected chi connectivity index (χ1v) is 9.94. The molecule has 3 heterocycles. The summed E-state index contributed by atoms with van der Waals surface area (Å²) < 4.78 is 6.60. The number of carbonyl (C=O) groups is 1. The van der Waals surface area contributed by atoms with Crippen LogP contribution in [0.1, 0.15) is 29.9 Å². The number of morpholine rings is 1. The molecule has 24 heavy (non-hydrogen) atoms. The fourth-order valence-corrected chi connectivity index (χ4v) is 4.89. The minimum absolute atomic E-state index is 0.219. The highest BCUT2D eigenvalue weighted by Gasteiger charge is 2.23. The maximum atomic E-state index is 12.2. The molecule has 1 amide bonds. The van der Waals surface area contributed by atoms with Crippen LogP contribution >= 0.6 is 45.9 Å². The quantitative estimate of drug-likeness (QED) is 0.819. The summed E-state index contributed by atoms with van der Waals surface area (Å²) in [5, 5.41) is 5.30. The summed E-state index contributed by atoms with van der Waals surface area (Å²) in [6, 6.07) is 1.56. The van der Waals surface area contributed by atoms with Crippen LogP contribution in [-0.4, -0.2) is 41.1 Å². The van der Waals surface area contributed by atoms with Crippen LogP contribution in [0.3, 0.4) is 0 Å². The second-order valence-electron chi connectivity index (χ2n) is 5.79. The summed E-state index contributed by atoms with van der Waals surface area (Å²) in [7, 11) is 0. The zero-order valence-electron chi connectivity index (χ0n) is 13.2. The fraction of sp³-hybridized carbons (Fsp3) is 0.467. The van der Waals surface area contributed by atoms with Crippen LogP contribution in [-0.2, 0) is 11.3 Å². The number of thiophene rings is 1. The summed E-state index contributed by atoms with van der Waals surface area (Å²) >= 11 is 14.5. The van der Waals surface area contributed by atoms with Gasteiger partial charge in [-0.3, -0.25) is 15.0 Å². The number of anilines is 1. The van der Waals surface area contributed by atoms with E-state index in [2.05, 4.69) is 29.0 Å². The molecule has 0 aromatic carbocycles. The number of hydrogen-bond acceptors (Lipinski definition) is 6. The number of carbonyl (C=O) groups excluding carboxylic acids is 1. The molecule has 1 N–H and O–H groups in total. The Hall–Kier alpha value is -0.700. The second-order valence-corrected chi connectivity index (χ2v) is 8.93. The van der Waals surface area contributed by atoms with Crippen molar-refractivity contribution in [2.24, 2.45) is 0 Å². The lowest BCUT2D eigenvalue weighted by molar-refractivity contribution is -0.0707. The zero-order valence-corrected chi connectivity index (χ0v) is 16.4. The van der Waals surface area contributed by atoms with E-state index >= 15 is 0 Å². The van der Waals surface area contributed by atoms with Crippen LogP contribution in [0.5, 0.6) is 0 Å². The topological polar surface area (TPSA) is 54.5 Å². The Morgan fingerprint density at radius 2 is 2.12 bits per heavy atom. The Kier molecular flexibility index (Phi) is 5.79.